The van der Waals surface area contributed by atoms with Crippen LogP contribution in [0.25, 0.3) is 10.9 Å². The molecule has 0 saturated carbocycles. The van der Waals surface area contributed by atoms with Gasteiger partial charge >= 0.3 is 0 Å². The molecule has 0 aliphatic carbocycles. The molecule has 0 atom stereocenters. The highest BCUT2D eigenvalue weighted by Crippen LogP contribution is 2.09. The third-order valence-corrected chi connectivity index (χ3v) is 4.46. The molecule has 3 heterocycles. The van der Waals surface area contributed by atoms with Gasteiger partial charge in [-0.3, -0.25) is 9.69 Å². The molecule has 1 aromatic carbocycles. The fourth-order valence-electron chi connectivity index (χ4n) is 3.03. The van der Waals surface area contributed by atoms with E-state index in [0.717, 1.165) is 38.7 Å². The zero-order valence-electron chi connectivity index (χ0n) is 13.8. The first-order valence-electron chi connectivity index (χ1n) is 8.38. The molecule has 3 aromatic rings. The van der Waals surface area contributed by atoms with Crippen molar-refractivity contribution in [2.24, 2.45) is 0 Å². The van der Waals surface area contributed by atoms with Gasteiger partial charge in [0.1, 0.15) is 5.52 Å². The van der Waals surface area contributed by atoms with E-state index in [0.29, 0.717) is 17.4 Å². The summed E-state index contributed by atoms with van der Waals surface area (Å²) in [4.78, 5) is 25.5. The van der Waals surface area contributed by atoms with Crippen molar-refractivity contribution in [2.45, 2.75) is 6.54 Å². The monoisotopic (exact) mass is 337 g/mol. The number of benzene rings is 1. The second-order valence-corrected chi connectivity index (χ2v) is 6.01. The third kappa shape index (κ3) is 3.34. The SMILES string of the molecule is O=c1c2ccccc2nnn1CCN1CCN(c2ncccn2)CC1. The first-order valence-corrected chi connectivity index (χ1v) is 8.38. The summed E-state index contributed by atoms with van der Waals surface area (Å²) in [6, 6.07) is 9.12. The van der Waals surface area contributed by atoms with Gasteiger partial charge in [0.25, 0.3) is 5.56 Å². The Morgan fingerprint density at radius 3 is 2.48 bits per heavy atom. The molecule has 0 bridgehead atoms. The van der Waals surface area contributed by atoms with E-state index in [-0.39, 0.29) is 5.56 Å². The molecular formula is C17H19N7O. The van der Waals surface area contributed by atoms with E-state index in [1.54, 1.807) is 24.5 Å². The maximum atomic E-state index is 12.5. The summed E-state index contributed by atoms with van der Waals surface area (Å²) in [7, 11) is 0. The van der Waals surface area contributed by atoms with Gasteiger partial charge in [0, 0.05) is 45.1 Å². The van der Waals surface area contributed by atoms with Gasteiger partial charge in [0.05, 0.1) is 11.9 Å². The van der Waals surface area contributed by atoms with Crippen LogP contribution in [-0.2, 0) is 6.54 Å². The Kier molecular flexibility index (Phi) is 4.34. The van der Waals surface area contributed by atoms with Crippen molar-refractivity contribution in [2.75, 3.05) is 37.6 Å². The number of piperazine rings is 1. The molecule has 1 saturated heterocycles. The largest absolute Gasteiger partial charge is 0.338 e. The second-order valence-electron chi connectivity index (χ2n) is 6.01. The smallest absolute Gasteiger partial charge is 0.277 e. The molecule has 25 heavy (non-hydrogen) atoms. The average Bonchev–Trinajstić information content (AvgIpc) is 2.69. The Morgan fingerprint density at radius 2 is 1.68 bits per heavy atom. The quantitative estimate of drug-likeness (QED) is 0.682. The number of nitrogens with zero attached hydrogens (tertiary/aromatic N) is 7. The molecule has 0 spiro atoms. The number of fused-ring (bicyclic) bond motifs is 1. The predicted octanol–water partition coefficient (Wildman–Crippen LogP) is 0.404. The summed E-state index contributed by atoms with van der Waals surface area (Å²) in [6.07, 6.45) is 3.53. The lowest BCUT2D eigenvalue weighted by molar-refractivity contribution is 0.240. The lowest BCUT2D eigenvalue weighted by Crippen LogP contribution is -2.48. The molecule has 0 amide bonds. The highest BCUT2D eigenvalue weighted by atomic mass is 16.1. The molecule has 0 N–H and O–H groups in total. The maximum Gasteiger partial charge on any atom is 0.277 e. The van der Waals surface area contributed by atoms with Crippen molar-refractivity contribution in [1.82, 2.24) is 29.9 Å². The lowest BCUT2D eigenvalue weighted by Gasteiger charge is -2.34. The van der Waals surface area contributed by atoms with Crippen LogP contribution in [0.5, 0.6) is 0 Å². The standard InChI is InChI=1S/C17H19N7O/c25-16-14-4-1-2-5-15(14)20-21-24(16)13-10-22-8-11-23(12-9-22)17-18-6-3-7-19-17/h1-7H,8-13H2. The summed E-state index contributed by atoms with van der Waals surface area (Å²) >= 11 is 0. The summed E-state index contributed by atoms with van der Waals surface area (Å²) in [5.74, 6) is 0.777. The Balaban J connectivity index is 1.37. The molecule has 1 aliphatic heterocycles. The van der Waals surface area contributed by atoms with Crippen LogP contribution in [0.1, 0.15) is 0 Å². The normalized spacial score (nSPS) is 15.6. The van der Waals surface area contributed by atoms with E-state index in [2.05, 4.69) is 30.1 Å². The highest BCUT2D eigenvalue weighted by molar-refractivity contribution is 5.76. The van der Waals surface area contributed by atoms with Gasteiger partial charge in [-0.2, -0.15) is 0 Å². The molecule has 8 heteroatoms. The fraction of sp³-hybridized carbons (Fsp3) is 0.353. The second kappa shape index (κ2) is 6.94. The third-order valence-electron chi connectivity index (χ3n) is 4.46. The summed E-state index contributed by atoms with van der Waals surface area (Å²) in [5, 5.41) is 8.79. The number of hydrogen-bond donors (Lipinski definition) is 0. The van der Waals surface area contributed by atoms with Crippen LogP contribution >= 0.6 is 0 Å². The summed E-state index contributed by atoms with van der Waals surface area (Å²) < 4.78 is 1.45. The van der Waals surface area contributed by atoms with E-state index in [4.69, 9.17) is 0 Å². The van der Waals surface area contributed by atoms with Gasteiger partial charge < -0.3 is 4.90 Å². The van der Waals surface area contributed by atoms with Gasteiger partial charge in [-0.05, 0) is 18.2 Å². The van der Waals surface area contributed by atoms with Crippen LogP contribution in [0.3, 0.4) is 0 Å². The molecular weight excluding hydrogens is 318 g/mol. The van der Waals surface area contributed by atoms with Crippen molar-refractivity contribution >= 4 is 16.9 Å². The molecule has 2 aromatic heterocycles. The van der Waals surface area contributed by atoms with Gasteiger partial charge in [-0.25, -0.2) is 14.6 Å². The average molecular weight is 337 g/mol. The van der Waals surface area contributed by atoms with Crippen LogP contribution in [0.4, 0.5) is 5.95 Å². The van der Waals surface area contributed by atoms with Crippen LogP contribution in [0, 0.1) is 0 Å². The zero-order valence-corrected chi connectivity index (χ0v) is 13.8. The highest BCUT2D eigenvalue weighted by Gasteiger charge is 2.18. The van der Waals surface area contributed by atoms with E-state index in [1.165, 1.54) is 4.68 Å². The van der Waals surface area contributed by atoms with Crippen molar-refractivity contribution < 1.29 is 0 Å². The Morgan fingerprint density at radius 1 is 0.920 bits per heavy atom. The number of aromatic nitrogens is 5. The number of rotatable bonds is 4. The van der Waals surface area contributed by atoms with Crippen LogP contribution < -0.4 is 10.5 Å². The Bertz CT molecular complexity index is 904. The molecule has 0 unspecified atom stereocenters. The van der Waals surface area contributed by atoms with Crippen molar-refractivity contribution in [3.63, 3.8) is 0 Å². The van der Waals surface area contributed by atoms with Crippen molar-refractivity contribution in [3.05, 3.63) is 53.1 Å². The van der Waals surface area contributed by atoms with Crippen molar-refractivity contribution in [1.29, 1.82) is 0 Å². The zero-order chi connectivity index (χ0) is 17.1. The molecule has 4 rings (SSSR count). The minimum absolute atomic E-state index is 0.0816. The lowest BCUT2D eigenvalue weighted by atomic mass is 10.2. The molecule has 1 aliphatic rings. The van der Waals surface area contributed by atoms with Crippen molar-refractivity contribution in [3.8, 4) is 0 Å². The minimum Gasteiger partial charge on any atom is -0.338 e. The first kappa shape index (κ1) is 15.6. The summed E-state index contributed by atoms with van der Waals surface area (Å²) in [6.45, 7) is 4.89. The fourth-order valence-corrected chi connectivity index (χ4v) is 3.03. The number of hydrogen-bond acceptors (Lipinski definition) is 7. The predicted molar refractivity (Wildman–Crippen MR) is 94.5 cm³/mol. The topological polar surface area (TPSA) is 80.0 Å². The van der Waals surface area contributed by atoms with E-state index in [1.807, 2.05) is 18.2 Å². The van der Waals surface area contributed by atoms with Gasteiger partial charge in [0.15, 0.2) is 0 Å². The van der Waals surface area contributed by atoms with Gasteiger partial charge in [-0.1, -0.05) is 17.3 Å². The molecule has 1 fully saturated rings. The van der Waals surface area contributed by atoms with E-state index >= 15 is 0 Å². The molecule has 128 valence electrons. The summed E-state index contributed by atoms with van der Waals surface area (Å²) in [5.41, 5.74) is 0.558. The van der Waals surface area contributed by atoms with Crippen LogP contribution in [-0.4, -0.2) is 62.6 Å². The van der Waals surface area contributed by atoms with Gasteiger partial charge in [0.2, 0.25) is 5.95 Å². The molecule has 8 nitrogen and oxygen atoms in total. The number of anilines is 1. The maximum absolute atomic E-state index is 12.5. The van der Waals surface area contributed by atoms with Crippen LogP contribution in [0.15, 0.2) is 47.5 Å². The Hall–Kier alpha value is -2.87. The Labute approximate surface area is 144 Å². The van der Waals surface area contributed by atoms with E-state index in [9.17, 15) is 4.79 Å². The van der Waals surface area contributed by atoms with Gasteiger partial charge in [-0.15, -0.1) is 5.10 Å². The van der Waals surface area contributed by atoms with Crippen LogP contribution in [0.2, 0.25) is 0 Å². The minimum atomic E-state index is -0.0816. The van der Waals surface area contributed by atoms with E-state index < -0.39 is 0 Å². The first-order chi connectivity index (χ1) is 12.3. The molecule has 0 radical (unpaired) electrons.